The minimum Gasteiger partial charge on any atom is -0.316 e. The van der Waals surface area contributed by atoms with Gasteiger partial charge in [-0.25, -0.2) is 0 Å². The monoisotopic (exact) mass is 282 g/mol. The molecule has 1 atom stereocenters. The Balaban J connectivity index is 2.85. The van der Waals surface area contributed by atoms with Gasteiger partial charge in [-0.1, -0.05) is 45.2 Å². The molecular formula is C16H27ClN2. The molecule has 0 aliphatic rings. The second-order valence-corrected chi connectivity index (χ2v) is 5.79. The fourth-order valence-electron chi connectivity index (χ4n) is 2.56. The molecule has 0 amide bonds. The van der Waals surface area contributed by atoms with E-state index in [1.807, 2.05) is 6.20 Å². The lowest BCUT2D eigenvalue weighted by molar-refractivity contribution is 0.231. The summed E-state index contributed by atoms with van der Waals surface area (Å²) < 4.78 is 0. The molecule has 1 N–H and O–H groups in total. The minimum atomic E-state index is 0.316. The first-order valence-electron chi connectivity index (χ1n) is 7.46. The van der Waals surface area contributed by atoms with Crippen molar-refractivity contribution >= 4 is 11.6 Å². The average Bonchev–Trinajstić information content (AvgIpc) is 2.44. The molecule has 1 rings (SSSR count). The van der Waals surface area contributed by atoms with Crippen LogP contribution in [0, 0.1) is 5.41 Å². The van der Waals surface area contributed by atoms with Crippen molar-refractivity contribution in [3.05, 3.63) is 29.0 Å². The Morgan fingerprint density at radius 2 is 2.11 bits per heavy atom. The van der Waals surface area contributed by atoms with Crippen molar-refractivity contribution in [2.45, 2.75) is 52.9 Å². The first-order chi connectivity index (χ1) is 9.17. The SMILES string of the molecule is CCCCC(CC)(CNCC)Cc1ccncc1Cl. The largest absolute Gasteiger partial charge is 0.316 e. The van der Waals surface area contributed by atoms with Crippen LogP contribution in [-0.2, 0) is 6.42 Å². The highest BCUT2D eigenvalue weighted by Crippen LogP contribution is 2.34. The van der Waals surface area contributed by atoms with E-state index in [0.29, 0.717) is 5.41 Å². The molecule has 0 saturated carbocycles. The van der Waals surface area contributed by atoms with Crippen molar-refractivity contribution in [1.29, 1.82) is 0 Å². The number of nitrogens with one attached hydrogen (secondary N) is 1. The number of nitrogens with zero attached hydrogens (tertiary/aromatic N) is 1. The third-order valence-electron chi connectivity index (χ3n) is 3.98. The van der Waals surface area contributed by atoms with E-state index in [2.05, 4.69) is 37.1 Å². The zero-order valence-electron chi connectivity index (χ0n) is 12.5. The van der Waals surface area contributed by atoms with Gasteiger partial charge in [0.15, 0.2) is 0 Å². The molecule has 0 aromatic carbocycles. The van der Waals surface area contributed by atoms with Crippen LogP contribution in [0.1, 0.15) is 52.0 Å². The molecule has 0 radical (unpaired) electrons. The average molecular weight is 283 g/mol. The summed E-state index contributed by atoms with van der Waals surface area (Å²) in [5, 5.41) is 4.33. The third-order valence-corrected chi connectivity index (χ3v) is 4.32. The number of halogens is 1. The Bertz CT molecular complexity index is 358. The number of hydrogen-bond acceptors (Lipinski definition) is 2. The summed E-state index contributed by atoms with van der Waals surface area (Å²) >= 11 is 6.27. The van der Waals surface area contributed by atoms with Crippen LogP contribution in [0.3, 0.4) is 0 Å². The molecule has 0 fully saturated rings. The van der Waals surface area contributed by atoms with Gasteiger partial charge in [0, 0.05) is 18.9 Å². The molecule has 2 nitrogen and oxygen atoms in total. The molecule has 0 spiro atoms. The van der Waals surface area contributed by atoms with Crippen LogP contribution >= 0.6 is 11.6 Å². The third kappa shape index (κ3) is 5.12. The summed E-state index contributed by atoms with van der Waals surface area (Å²) in [5.74, 6) is 0. The van der Waals surface area contributed by atoms with Crippen molar-refractivity contribution in [2.75, 3.05) is 13.1 Å². The summed E-state index contributed by atoms with van der Waals surface area (Å²) in [6.07, 6.45) is 9.60. The van der Waals surface area contributed by atoms with E-state index in [0.717, 1.165) is 24.5 Å². The van der Waals surface area contributed by atoms with Crippen molar-refractivity contribution in [3.8, 4) is 0 Å². The molecule has 0 aliphatic carbocycles. The highest BCUT2D eigenvalue weighted by Gasteiger charge is 2.28. The Hall–Kier alpha value is -0.600. The molecule has 108 valence electrons. The van der Waals surface area contributed by atoms with Gasteiger partial charge >= 0.3 is 0 Å². The van der Waals surface area contributed by atoms with Crippen LogP contribution in [0.2, 0.25) is 5.02 Å². The van der Waals surface area contributed by atoms with Gasteiger partial charge in [0.2, 0.25) is 0 Å². The fourth-order valence-corrected chi connectivity index (χ4v) is 2.75. The van der Waals surface area contributed by atoms with Gasteiger partial charge in [-0.05, 0) is 42.9 Å². The Labute approximate surface area is 123 Å². The first kappa shape index (κ1) is 16.5. The molecule has 3 heteroatoms. The number of aromatic nitrogens is 1. The zero-order chi connectivity index (χ0) is 14.1. The maximum Gasteiger partial charge on any atom is 0.0621 e. The number of hydrogen-bond donors (Lipinski definition) is 1. The van der Waals surface area contributed by atoms with E-state index >= 15 is 0 Å². The van der Waals surface area contributed by atoms with E-state index < -0.39 is 0 Å². The van der Waals surface area contributed by atoms with E-state index in [4.69, 9.17) is 11.6 Å². The smallest absolute Gasteiger partial charge is 0.0621 e. The summed E-state index contributed by atoms with van der Waals surface area (Å²) in [4.78, 5) is 4.08. The number of rotatable bonds is 9. The Kier molecular flexibility index (Phi) is 7.40. The van der Waals surface area contributed by atoms with E-state index in [-0.39, 0.29) is 0 Å². The predicted molar refractivity (Wildman–Crippen MR) is 83.7 cm³/mol. The lowest BCUT2D eigenvalue weighted by Crippen LogP contribution is -2.36. The predicted octanol–water partition coefficient (Wildman–Crippen LogP) is 4.47. The van der Waals surface area contributed by atoms with Gasteiger partial charge < -0.3 is 5.32 Å². The highest BCUT2D eigenvalue weighted by atomic mass is 35.5. The van der Waals surface area contributed by atoms with Crippen LogP contribution in [0.25, 0.3) is 0 Å². The topological polar surface area (TPSA) is 24.9 Å². The second kappa shape index (κ2) is 8.55. The van der Waals surface area contributed by atoms with Crippen LogP contribution in [-0.4, -0.2) is 18.1 Å². The van der Waals surface area contributed by atoms with Gasteiger partial charge in [-0.3, -0.25) is 4.98 Å². The lowest BCUT2D eigenvalue weighted by atomic mass is 9.75. The summed E-state index contributed by atoms with van der Waals surface area (Å²) in [5.41, 5.74) is 1.55. The highest BCUT2D eigenvalue weighted by molar-refractivity contribution is 6.31. The van der Waals surface area contributed by atoms with Crippen LogP contribution in [0.4, 0.5) is 0 Å². The van der Waals surface area contributed by atoms with Crippen molar-refractivity contribution in [2.24, 2.45) is 5.41 Å². The first-order valence-corrected chi connectivity index (χ1v) is 7.84. The standard InChI is InChI=1S/C16H27ClN2/c1-4-7-9-16(5-2,13-18-6-3)11-14-8-10-19-12-15(14)17/h8,10,12,18H,4-7,9,11,13H2,1-3H3. The van der Waals surface area contributed by atoms with Gasteiger partial charge in [0.1, 0.15) is 0 Å². The van der Waals surface area contributed by atoms with E-state index in [1.165, 1.54) is 31.2 Å². The molecule has 0 saturated heterocycles. The zero-order valence-corrected chi connectivity index (χ0v) is 13.3. The van der Waals surface area contributed by atoms with Crippen LogP contribution < -0.4 is 5.32 Å². The van der Waals surface area contributed by atoms with E-state index in [9.17, 15) is 0 Å². The fraction of sp³-hybridized carbons (Fsp3) is 0.688. The molecule has 1 aromatic heterocycles. The van der Waals surface area contributed by atoms with Gasteiger partial charge in [0.25, 0.3) is 0 Å². The number of pyridine rings is 1. The molecule has 19 heavy (non-hydrogen) atoms. The minimum absolute atomic E-state index is 0.316. The van der Waals surface area contributed by atoms with Crippen LogP contribution in [0.5, 0.6) is 0 Å². The number of unbranched alkanes of at least 4 members (excludes halogenated alkanes) is 1. The van der Waals surface area contributed by atoms with Gasteiger partial charge in [-0.15, -0.1) is 0 Å². The lowest BCUT2D eigenvalue weighted by Gasteiger charge is -2.34. The molecule has 0 aliphatic heterocycles. The summed E-state index contributed by atoms with van der Waals surface area (Å²) in [6.45, 7) is 8.81. The normalized spacial score (nSPS) is 14.3. The van der Waals surface area contributed by atoms with Crippen molar-refractivity contribution in [3.63, 3.8) is 0 Å². The maximum atomic E-state index is 6.27. The van der Waals surface area contributed by atoms with Crippen LogP contribution in [0.15, 0.2) is 18.5 Å². The molecule has 1 unspecified atom stereocenters. The Morgan fingerprint density at radius 3 is 2.68 bits per heavy atom. The van der Waals surface area contributed by atoms with E-state index in [1.54, 1.807) is 6.20 Å². The van der Waals surface area contributed by atoms with Crippen molar-refractivity contribution < 1.29 is 0 Å². The molecule has 1 aromatic rings. The summed E-state index contributed by atoms with van der Waals surface area (Å²) in [7, 11) is 0. The molecule has 0 bridgehead atoms. The quantitative estimate of drug-likeness (QED) is 0.723. The Morgan fingerprint density at radius 1 is 1.32 bits per heavy atom. The summed E-state index contributed by atoms with van der Waals surface area (Å²) in [6, 6.07) is 2.06. The van der Waals surface area contributed by atoms with Crippen molar-refractivity contribution in [1.82, 2.24) is 10.3 Å². The van der Waals surface area contributed by atoms with Gasteiger partial charge in [0.05, 0.1) is 5.02 Å². The maximum absolute atomic E-state index is 6.27. The van der Waals surface area contributed by atoms with Gasteiger partial charge in [-0.2, -0.15) is 0 Å². The molecular weight excluding hydrogens is 256 g/mol. The molecule has 1 heterocycles. The second-order valence-electron chi connectivity index (χ2n) is 5.38.